The van der Waals surface area contributed by atoms with Crippen LogP contribution in [0.1, 0.15) is 27.2 Å². The number of aliphatic hydroxyl groups excluding tert-OH is 1. The molecule has 1 heterocycles. The van der Waals surface area contributed by atoms with Crippen LogP contribution in [0.5, 0.6) is 0 Å². The van der Waals surface area contributed by atoms with Gasteiger partial charge in [-0.15, -0.1) is 0 Å². The van der Waals surface area contributed by atoms with E-state index in [0.717, 1.165) is 5.57 Å². The maximum absolute atomic E-state index is 9.35. The van der Waals surface area contributed by atoms with E-state index in [1.165, 1.54) is 6.42 Å². The van der Waals surface area contributed by atoms with Crippen molar-refractivity contribution >= 4 is 0 Å². The van der Waals surface area contributed by atoms with E-state index in [1.807, 2.05) is 19.2 Å². The molecule has 1 aliphatic carbocycles. The summed E-state index contributed by atoms with van der Waals surface area (Å²) in [4.78, 5) is 0. The number of rotatable bonds is 0. The number of hydrogen-bond donors (Lipinski definition) is 2. The van der Waals surface area contributed by atoms with Gasteiger partial charge < -0.3 is 10.4 Å². The monoisotopic (exact) mass is 193 g/mol. The van der Waals surface area contributed by atoms with Gasteiger partial charge in [0.25, 0.3) is 0 Å². The number of fused-ring (bicyclic) bond motifs is 1. The normalized spacial score (nSPS) is 27.9. The second-order valence-corrected chi connectivity index (χ2v) is 3.74. The zero-order valence-corrected chi connectivity index (χ0v) is 9.12. The lowest BCUT2D eigenvalue weighted by Crippen LogP contribution is -2.26. The largest absolute Gasteiger partial charge is 0.508 e. The molecule has 0 aromatic rings. The lowest BCUT2D eigenvalue weighted by atomic mass is 9.93. The fourth-order valence-corrected chi connectivity index (χ4v) is 1.50. The second-order valence-electron chi connectivity index (χ2n) is 3.74. The summed E-state index contributed by atoms with van der Waals surface area (Å²) in [6.45, 7) is 6.17. The molecule has 2 nitrogen and oxygen atoms in total. The highest BCUT2D eigenvalue weighted by Gasteiger charge is 2.23. The summed E-state index contributed by atoms with van der Waals surface area (Å²) in [7, 11) is 0. The van der Waals surface area contributed by atoms with Crippen LogP contribution in [0.25, 0.3) is 0 Å². The van der Waals surface area contributed by atoms with Crippen LogP contribution in [0.15, 0.2) is 35.8 Å². The summed E-state index contributed by atoms with van der Waals surface area (Å²) in [5, 5.41) is 12.5. The van der Waals surface area contributed by atoms with Gasteiger partial charge in [0.1, 0.15) is 5.76 Å². The maximum atomic E-state index is 9.35. The third kappa shape index (κ3) is 2.41. The molecule has 2 heteroatoms. The van der Waals surface area contributed by atoms with E-state index in [4.69, 9.17) is 0 Å². The minimum Gasteiger partial charge on any atom is -0.508 e. The van der Waals surface area contributed by atoms with E-state index >= 15 is 0 Å². The first-order valence-corrected chi connectivity index (χ1v) is 5.21. The van der Waals surface area contributed by atoms with Gasteiger partial charge in [0.05, 0.1) is 6.04 Å². The van der Waals surface area contributed by atoms with Gasteiger partial charge in [-0.3, -0.25) is 0 Å². The van der Waals surface area contributed by atoms with Gasteiger partial charge in [0.15, 0.2) is 0 Å². The molecule has 2 rings (SSSR count). The smallest absolute Gasteiger partial charge is 0.116 e. The molecule has 2 aliphatic rings. The van der Waals surface area contributed by atoms with Gasteiger partial charge in [-0.2, -0.15) is 0 Å². The lowest BCUT2D eigenvalue weighted by molar-refractivity contribution is 0.407. The summed E-state index contributed by atoms with van der Waals surface area (Å²) >= 11 is 0. The summed E-state index contributed by atoms with van der Waals surface area (Å²) < 4.78 is 0. The van der Waals surface area contributed by atoms with E-state index < -0.39 is 0 Å². The average Bonchev–Trinajstić information content (AvgIpc) is 2.54. The van der Waals surface area contributed by atoms with Gasteiger partial charge in [-0.05, 0) is 24.8 Å². The third-order valence-electron chi connectivity index (χ3n) is 2.21. The van der Waals surface area contributed by atoms with E-state index in [-0.39, 0.29) is 6.04 Å². The van der Waals surface area contributed by atoms with Gasteiger partial charge in [-0.1, -0.05) is 32.4 Å². The molecule has 2 unspecified atom stereocenters. The second kappa shape index (κ2) is 4.89. The van der Waals surface area contributed by atoms with E-state index in [2.05, 4.69) is 31.3 Å². The molecule has 0 bridgehead atoms. The molecule has 0 saturated carbocycles. The highest BCUT2D eigenvalue weighted by Crippen LogP contribution is 2.24. The minimum absolute atomic E-state index is 0.277. The SMILES string of the molecule is CC1=CC2C=CNC2C=C1O.CCC. The Balaban J connectivity index is 0.000000293. The molecule has 1 aliphatic heterocycles. The zero-order chi connectivity index (χ0) is 10.6. The van der Waals surface area contributed by atoms with Crippen molar-refractivity contribution < 1.29 is 5.11 Å². The molecule has 0 saturated heterocycles. The Kier molecular flexibility index (Phi) is 3.81. The highest BCUT2D eigenvalue weighted by molar-refractivity contribution is 5.34. The Hall–Kier alpha value is -1.18. The molecule has 2 N–H and O–H groups in total. The van der Waals surface area contributed by atoms with Crippen molar-refractivity contribution in [3.63, 3.8) is 0 Å². The van der Waals surface area contributed by atoms with Crippen LogP contribution in [0.4, 0.5) is 0 Å². The summed E-state index contributed by atoms with van der Waals surface area (Å²) in [5.41, 5.74) is 0.972. The fourth-order valence-electron chi connectivity index (χ4n) is 1.50. The quantitative estimate of drug-likeness (QED) is 0.620. The molecule has 78 valence electrons. The van der Waals surface area contributed by atoms with Crippen LogP contribution in [0.2, 0.25) is 0 Å². The molecule has 0 amide bonds. The number of aliphatic hydroxyl groups is 1. The average molecular weight is 193 g/mol. The van der Waals surface area contributed by atoms with Gasteiger partial charge in [-0.25, -0.2) is 0 Å². The Morgan fingerprint density at radius 3 is 2.64 bits per heavy atom. The van der Waals surface area contributed by atoms with Crippen LogP contribution in [-0.4, -0.2) is 11.1 Å². The molecule has 0 radical (unpaired) electrons. The first kappa shape index (κ1) is 10.9. The van der Waals surface area contributed by atoms with Crippen LogP contribution in [-0.2, 0) is 0 Å². The predicted octanol–water partition coefficient (Wildman–Crippen LogP) is 2.91. The first-order valence-electron chi connectivity index (χ1n) is 5.21. The van der Waals surface area contributed by atoms with Crippen LogP contribution in [0.3, 0.4) is 0 Å². The van der Waals surface area contributed by atoms with Crippen molar-refractivity contribution in [2.24, 2.45) is 5.92 Å². The first-order chi connectivity index (χ1) is 6.69. The zero-order valence-electron chi connectivity index (χ0n) is 9.12. The predicted molar refractivity (Wildman–Crippen MR) is 60.0 cm³/mol. The van der Waals surface area contributed by atoms with Crippen molar-refractivity contribution in [3.05, 3.63) is 35.8 Å². The number of nitrogens with one attached hydrogen (secondary N) is 1. The fraction of sp³-hybridized carbons (Fsp3) is 0.500. The molecule has 0 fully saturated rings. The van der Waals surface area contributed by atoms with Crippen molar-refractivity contribution in [2.45, 2.75) is 33.2 Å². The minimum atomic E-state index is 0.277. The van der Waals surface area contributed by atoms with Gasteiger partial charge >= 0.3 is 0 Å². The molecule has 0 aromatic heterocycles. The van der Waals surface area contributed by atoms with E-state index in [1.54, 1.807) is 0 Å². The summed E-state index contributed by atoms with van der Waals surface area (Å²) in [5.74, 6) is 0.841. The van der Waals surface area contributed by atoms with E-state index in [0.29, 0.717) is 11.7 Å². The van der Waals surface area contributed by atoms with Crippen LogP contribution in [0, 0.1) is 5.92 Å². The molecule has 14 heavy (non-hydrogen) atoms. The molecular formula is C12H19NO. The third-order valence-corrected chi connectivity index (χ3v) is 2.21. The Morgan fingerprint density at radius 2 is 2.00 bits per heavy atom. The van der Waals surface area contributed by atoms with Gasteiger partial charge in [0.2, 0.25) is 0 Å². The van der Waals surface area contributed by atoms with Crippen molar-refractivity contribution in [2.75, 3.05) is 0 Å². The number of hydrogen-bond acceptors (Lipinski definition) is 2. The van der Waals surface area contributed by atoms with Crippen LogP contribution >= 0.6 is 0 Å². The maximum Gasteiger partial charge on any atom is 0.116 e. The Labute approximate surface area is 86.0 Å². The standard InChI is InChI=1S/C9H11NO.C3H8/c1-6-4-7-2-3-10-8(7)5-9(6)11;1-3-2/h2-5,7-8,10-11H,1H3;3H2,1-2H3. The van der Waals surface area contributed by atoms with Crippen molar-refractivity contribution in [3.8, 4) is 0 Å². The van der Waals surface area contributed by atoms with Crippen molar-refractivity contribution in [1.29, 1.82) is 0 Å². The number of allylic oxidation sites excluding steroid dienone is 1. The Bertz CT molecular complexity index is 276. The topological polar surface area (TPSA) is 32.3 Å². The molecule has 2 atom stereocenters. The van der Waals surface area contributed by atoms with Crippen molar-refractivity contribution in [1.82, 2.24) is 5.32 Å². The highest BCUT2D eigenvalue weighted by atomic mass is 16.3. The van der Waals surface area contributed by atoms with Gasteiger partial charge in [0, 0.05) is 5.92 Å². The molecule has 0 spiro atoms. The molecule has 0 aromatic carbocycles. The summed E-state index contributed by atoms with van der Waals surface area (Å²) in [6.07, 6.45) is 9.24. The lowest BCUT2D eigenvalue weighted by Gasteiger charge is -2.19. The summed E-state index contributed by atoms with van der Waals surface area (Å²) in [6, 6.07) is 0.277. The van der Waals surface area contributed by atoms with E-state index in [9.17, 15) is 5.11 Å². The Morgan fingerprint density at radius 1 is 1.36 bits per heavy atom. The van der Waals surface area contributed by atoms with Crippen LogP contribution < -0.4 is 5.32 Å². The molecular weight excluding hydrogens is 174 g/mol.